The molecular formula is C20H22N2O8S. The number of rotatable bonds is 7. The number of thioether (sulfide) groups is 1. The van der Waals surface area contributed by atoms with E-state index in [1.165, 1.54) is 20.3 Å². The second-order valence-electron chi connectivity index (χ2n) is 6.50. The summed E-state index contributed by atoms with van der Waals surface area (Å²) >= 11 is 0.731. The van der Waals surface area contributed by atoms with E-state index in [1.807, 2.05) is 0 Å². The van der Waals surface area contributed by atoms with Crippen molar-refractivity contribution in [3.8, 4) is 11.5 Å². The minimum atomic E-state index is -0.584. The Hall–Kier alpha value is -3.05. The largest absolute Gasteiger partial charge is 0.493 e. The molecule has 2 saturated heterocycles. The van der Waals surface area contributed by atoms with Crippen LogP contribution in [0.5, 0.6) is 11.5 Å². The average molecular weight is 450 g/mol. The van der Waals surface area contributed by atoms with Crippen molar-refractivity contribution >= 4 is 40.9 Å². The predicted molar refractivity (Wildman–Crippen MR) is 111 cm³/mol. The molecule has 1 aromatic rings. The molecule has 0 bridgehead atoms. The summed E-state index contributed by atoms with van der Waals surface area (Å²) in [5, 5.41) is -0.530. The maximum Gasteiger partial charge on any atom is 0.343 e. The van der Waals surface area contributed by atoms with E-state index >= 15 is 0 Å². The van der Waals surface area contributed by atoms with Crippen molar-refractivity contribution in [3.63, 3.8) is 0 Å². The summed E-state index contributed by atoms with van der Waals surface area (Å²) in [4.78, 5) is 51.7. The fourth-order valence-electron chi connectivity index (χ4n) is 2.98. The van der Waals surface area contributed by atoms with Crippen molar-refractivity contribution in [1.82, 2.24) is 9.80 Å². The van der Waals surface area contributed by atoms with Crippen LogP contribution in [0, 0.1) is 0 Å². The number of amides is 3. The Morgan fingerprint density at radius 1 is 1.19 bits per heavy atom. The van der Waals surface area contributed by atoms with Crippen LogP contribution in [-0.2, 0) is 23.9 Å². The molecule has 3 rings (SSSR count). The Balaban J connectivity index is 1.79. The van der Waals surface area contributed by atoms with Gasteiger partial charge in [-0.3, -0.25) is 19.3 Å². The molecule has 2 heterocycles. The molecule has 0 N–H and O–H groups in total. The molecule has 31 heavy (non-hydrogen) atoms. The van der Waals surface area contributed by atoms with Gasteiger partial charge in [0.05, 0.1) is 32.3 Å². The van der Waals surface area contributed by atoms with E-state index in [2.05, 4.69) is 4.74 Å². The maximum atomic E-state index is 12.8. The van der Waals surface area contributed by atoms with Crippen LogP contribution >= 0.6 is 11.8 Å². The lowest BCUT2D eigenvalue weighted by Gasteiger charge is -2.28. The minimum Gasteiger partial charge on any atom is -0.493 e. The van der Waals surface area contributed by atoms with Crippen molar-refractivity contribution in [2.24, 2.45) is 0 Å². The molecule has 0 atom stereocenters. The first-order chi connectivity index (χ1) is 14.9. The zero-order valence-corrected chi connectivity index (χ0v) is 17.9. The van der Waals surface area contributed by atoms with Gasteiger partial charge in [-0.1, -0.05) is 12.1 Å². The molecule has 11 heteroatoms. The molecule has 0 saturated carbocycles. The SMILES string of the molecule is COC(=O)COc1c(/C=C2/SC(=O)N(CC(=O)N3CCOCC3)C2=O)cccc1OC. The van der Waals surface area contributed by atoms with Gasteiger partial charge in [-0.05, 0) is 23.9 Å². The Kier molecular flexibility index (Phi) is 7.53. The lowest BCUT2D eigenvalue weighted by molar-refractivity contribution is -0.143. The number of nitrogens with zero attached hydrogens (tertiary/aromatic N) is 2. The molecule has 2 aliphatic heterocycles. The number of benzene rings is 1. The molecule has 2 aliphatic rings. The summed E-state index contributed by atoms with van der Waals surface area (Å²) in [6, 6.07) is 4.97. The van der Waals surface area contributed by atoms with Crippen LogP contribution in [0.2, 0.25) is 0 Å². The lowest BCUT2D eigenvalue weighted by atomic mass is 10.1. The molecule has 0 spiro atoms. The highest BCUT2D eigenvalue weighted by Crippen LogP contribution is 2.37. The number of esters is 1. The molecule has 0 radical (unpaired) electrons. The highest BCUT2D eigenvalue weighted by atomic mass is 32.2. The third-order valence-electron chi connectivity index (χ3n) is 4.61. The van der Waals surface area contributed by atoms with Gasteiger partial charge in [-0.2, -0.15) is 0 Å². The summed E-state index contributed by atoms with van der Waals surface area (Å²) in [6.45, 7) is 1.03. The topological polar surface area (TPSA) is 112 Å². The number of ether oxygens (including phenoxy) is 4. The first kappa shape index (κ1) is 22.6. The van der Waals surface area contributed by atoms with Gasteiger partial charge in [-0.25, -0.2) is 4.79 Å². The fraction of sp³-hybridized carbons (Fsp3) is 0.400. The number of carbonyl (C=O) groups is 4. The second kappa shape index (κ2) is 10.3. The standard InChI is InChI=1S/C20H22N2O8S/c1-27-14-5-3-4-13(18(14)30-12-17(24)28-2)10-15-19(25)22(20(26)31-15)11-16(23)21-6-8-29-9-7-21/h3-5,10H,6-9,11-12H2,1-2H3/b15-10+. The highest BCUT2D eigenvalue weighted by Gasteiger charge is 2.37. The first-order valence-corrected chi connectivity index (χ1v) is 10.2. The van der Waals surface area contributed by atoms with Gasteiger partial charge < -0.3 is 23.8 Å². The van der Waals surface area contributed by atoms with Gasteiger partial charge in [0.2, 0.25) is 5.91 Å². The summed E-state index contributed by atoms with van der Waals surface area (Å²) in [6.07, 6.45) is 1.47. The lowest BCUT2D eigenvalue weighted by Crippen LogP contribution is -2.46. The van der Waals surface area contributed by atoms with Gasteiger partial charge in [0.15, 0.2) is 18.1 Å². The molecular weight excluding hydrogens is 428 g/mol. The highest BCUT2D eigenvalue weighted by molar-refractivity contribution is 8.18. The molecule has 2 fully saturated rings. The second-order valence-corrected chi connectivity index (χ2v) is 7.50. The normalized spacial score (nSPS) is 17.8. The van der Waals surface area contributed by atoms with Crippen molar-refractivity contribution in [3.05, 3.63) is 28.7 Å². The molecule has 0 unspecified atom stereocenters. The Bertz CT molecular complexity index is 910. The van der Waals surface area contributed by atoms with Gasteiger partial charge in [0, 0.05) is 18.7 Å². The van der Waals surface area contributed by atoms with E-state index in [4.69, 9.17) is 14.2 Å². The zero-order valence-electron chi connectivity index (χ0n) is 17.1. The van der Waals surface area contributed by atoms with Crippen molar-refractivity contribution < 1.29 is 38.1 Å². The van der Waals surface area contributed by atoms with Crippen LogP contribution in [0.3, 0.4) is 0 Å². The van der Waals surface area contributed by atoms with E-state index in [0.29, 0.717) is 37.6 Å². The Morgan fingerprint density at radius 3 is 2.61 bits per heavy atom. The fourth-order valence-corrected chi connectivity index (χ4v) is 3.81. The van der Waals surface area contributed by atoms with Crippen LogP contribution in [0.15, 0.2) is 23.1 Å². The van der Waals surface area contributed by atoms with Crippen LogP contribution in [0.25, 0.3) is 6.08 Å². The molecule has 166 valence electrons. The number of morpholine rings is 1. The summed E-state index contributed by atoms with van der Waals surface area (Å²) in [5.41, 5.74) is 0.438. The van der Waals surface area contributed by atoms with Crippen LogP contribution in [0.4, 0.5) is 4.79 Å². The Morgan fingerprint density at radius 2 is 1.94 bits per heavy atom. The molecule has 10 nitrogen and oxygen atoms in total. The van der Waals surface area contributed by atoms with E-state index in [-0.39, 0.29) is 29.7 Å². The molecule has 1 aromatic carbocycles. The van der Waals surface area contributed by atoms with E-state index in [1.54, 1.807) is 23.1 Å². The van der Waals surface area contributed by atoms with Gasteiger partial charge in [-0.15, -0.1) is 0 Å². The van der Waals surface area contributed by atoms with Crippen LogP contribution in [0.1, 0.15) is 5.56 Å². The zero-order chi connectivity index (χ0) is 22.4. The van der Waals surface area contributed by atoms with E-state index in [9.17, 15) is 19.2 Å². The summed E-state index contributed by atoms with van der Waals surface area (Å²) < 4.78 is 20.6. The number of methoxy groups -OCH3 is 2. The third kappa shape index (κ3) is 5.36. The minimum absolute atomic E-state index is 0.135. The molecule has 3 amide bonds. The quantitative estimate of drug-likeness (QED) is 0.446. The van der Waals surface area contributed by atoms with Crippen molar-refractivity contribution in [2.75, 3.05) is 53.7 Å². The van der Waals surface area contributed by atoms with E-state index in [0.717, 1.165) is 16.7 Å². The average Bonchev–Trinajstić information content (AvgIpc) is 3.05. The number of imide groups is 1. The summed E-state index contributed by atoms with van der Waals surface area (Å²) in [5.74, 6) is -0.890. The van der Waals surface area contributed by atoms with Crippen LogP contribution in [-0.4, -0.2) is 86.5 Å². The van der Waals surface area contributed by atoms with Gasteiger partial charge in [0.1, 0.15) is 6.54 Å². The monoisotopic (exact) mass is 450 g/mol. The number of carbonyl (C=O) groups excluding carboxylic acids is 4. The van der Waals surface area contributed by atoms with E-state index < -0.39 is 17.1 Å². The van der Waals surface area contributed by atoms with Crippen LogP contribution < -0.4 is 9.47 Å². The summed E-state index contributed by atoms with van der Waals surface area (Å²) in [7, 11) is 2.68. The molecule has 0 aromatic heterocycles. The van der Waals surface area contributed by atoms with Gasteiger partial charge in [0.25, 0.3) is 11.1 Å². The number of hydrogen-bond donors (Lipinski definition) is 0. The predicted octanol–water partition coefficient (Wildman–Crippen LogP) is 1.14. The van der Waals surface area contributed by atoms with Crippen molar-refractivity contribution in [1.29, 1.82) is 0 Å². The maximum absolute atomic E-state index is 12.8. The van der Waals surface area contributed by atoms with Crippen molar-refractivity contribution in [2.45, 2.75) is 0 Å². The molecule has 0 aliphatic carbocycles. The van der Waals surface area contributed by atoms with Gasteiger partial charge >= 0.3 is 5.97 Å². The smallest absolute Gasteiger partial charge is 0.343 e. The number of hydrogen-bond acceptors (Lipinski definition) is 9. The first-order valence-electron chi connectivity index (χ1n) is 9.42. The third-order valence-corrected chi connectivity index (χ3v) is 5.52. The number of para-hydroxylation sites is 1. The Labute approximate surface area is 183 Å².